The minimum absolute atomic E-state index is 0.00236. The Bertz CT molecular complexity index is 811. The fourth-order valence-electron chi connectivity index (χ4n) is 4.23. The summed E-state index contributed by atoms with van der Waals surface area (Å²) in [6, 6.07) is 0. The summed E-state index contributed by atoms with van der Waals surface area (Å²) in [7, 11) is 1.27. The first-order chi connectivity index (χ1) is 12.5. The first-order valence-corrected chi connectivity index (χ1v) is 9.00. The lowest BCUT2D eigenvalue weighted by molar-refractivity contribution is -0.141. The van der Waals surface area contributed by atoms with Crippen LogP contribution in [0.3, 0.4) is 0 Å². The van der Waals surface area contributed by atoms with Crippen molar-refractivity contribution in [1.29, 1.82) is 0 Å². The van der Waals surface area contributed by atoms with Crippen LogP contribution < -0.4 is 0 Å². The van der Waals surface area contributed by atoms with Gasteiger partial charge in [-0.15, -0.1) is 0 Å². The van der Waals surface area contributed by atoms with E-state index in [1.807, 2.05) is 0 Å². The van der Waals surface area contributed by atoms with Gasteiger partial charge in [-0.25, -0.2) is 0 Å². The third-order valence-corrected chi connectivity index (χ3v) is 5.68. The molecular weight excluding hydrogens is 348 g/mol. The number of carbonyl (C=O) groups excluding carboxylic acids is 4. The molecule has 2 rings (SSSR count). The number of esters is 1. The molecule has 0 saturated heterocycles. The molecule has 27 heavy (non-hydrogen) atoms. The SMILES string of the molecule is C=C(C)[C@@H]1CC(=O)C2=C(C(=O)C(=O)C(C(C)C)=C2O)[C@@]1(C)CCC(=O)OC. The zero-order chi connectivity index (χ0) is 20.7. The largest absolute Gasteiger partial charge is 0.507 e. The van der Waals surface area contributed by atoms with E-state index < -0.39 is 40.5 Å². The molecule has 0 unspecified atom stereocenters. The van der Waals surface area contributed by atoms with Gasteiger partial charge in [-0.05, 0) is 25.2 Å². The number of allylic oxidation sites excluding steroid dienone is 4. The van der Waals surface area contributed by atoms with Crippen molar-refractivity contribution in [2.45, 2.75) is 47.0 Å². The zero-order valence-corrected chi connectivity index (χ0v) is 16.5. The van der Waals surface area contributed by atoms with Crippen molar-refractivity contribution in [3.05, 3.63) is 34.6 Å². The molecule has 1 N–H and O–H groups in total. The van der Waals surface area contributed by atoms with Gasteiger partial charge < -0.3 is 9.84 Å². The van der Waals surface area contributed by atoms with Crippen LogP contribution in [0.5, 0.6) is 0 Å². The van der Waals surface area contributed by atoms with Crippen molar-refractivity contribution in [3.63, 3.8) is 0 Å². The fraction of sp³-hybridized carbons (Fsp3) is 0.524. The van der Waals surface area contributed by atoms with Crippen LogP contribution >= 0.6 is 0 Å². The first kappa shape index (κ1) is 20.8. The number of hydrogen-bond donors (Lipinski definition) is 1. The molecule has 2 atom stereocenters. The van der Waals surface area contributed by atoms with Crippen molar-refractivity contribution >= 4 is 23.3 Å². The summed E-state index contributed by atoms with van der Waals surface area (Å²) in [5, 5.41) is 10.7. The Hall–Kier alpha value is -2.50. The van der Waals surface area contributed by atoms with Gasteiger partial charge in [-0.1, -0.05) is 32.9 Å². The lowest BCUT2D eigenvalue weighted by Crippen LogP contribution is -2.46. The molecule has 0 saturated carbocycles. The van der Waals surface area contributed by atoms with Crippen LogP contribution in [-0.4, -0.2) is 35.5 Å². The van der Waals surface area contributed by atoms with Gasteiger partial charge in [0.25, 0.3) is 0 Å². The molecule has 0 heterocycles. The number of aliphatic hydroxyl groups excluding tert-OH is 1. The summed E-state index contributed by atoms with van der Waals surface area (Å²) in [6.45, 7) is 10.8. The Labute approximate surface area is 159 Å². The van der Waals surface area contributed by atoms with Gasteiger partial charge in [0.05, 0.1) is 12.7 Å². The van der Waals surface area contributed by atoms with Gasteiger partial charge in [-0.2, -0.15) is 0 Å². The maximum Gasteiger partial charge on any atom is 0.305 e. The number of carbonyl (C=O) groups is 4. The number of ether oxygens (including phenoxy) is 1. The fourth-order valence-corrected chi connectivity index (χ4v) is 4.23. The predicted octanol–water partition coefficient (Wildman–Crippen LogP) is 3.03. The summed E-state index contributed by atoms with van der Waals surface area (Å²) in [4.78, 5) is 50.2. The maximum absolute atomic E-state index is 13.0. The van der Waals surface area contributed by atoms with Crippen LogP contribution in [0.4, 0.5) is 0 Å². The van der Waals surface area contributed by atoms with Gasteiger partial charge in [-0.3, -0.25) is 19.2 Å². The third-order valence-electron chi connectivity index (χ3n) is 5.68. The summed E-state index contributed by atoms with van der Waals surface area (Å²) >= 11 is 0. The Morgan fingerprint density at radius 2 is 1.89 bits per heavy atom. The van der Waals surface area contributed by atoms with E-state index in [4.69, 9.17) is 4.74 Å². The average molecular weight is 374 g/mol. The van der Waals surface area contributed by atoms with Crippen molar-refractivity contribution in [2.24, 2.45) is 17.3 Å². The van der Waals surface area contributed by atoms with Crippen LogP contribution in [0.1, 0.15) is 47.0 Å². The predicted molar refractivity (Wildman–Crippen MR) is 98.8 cm³/mol. The van der Waals surface area contributed by atoms with Gasteiger partial charge in [0.2, 0.25) is 11.6 Å². The molecule has 0 bridgehead atoms. The van der Waals surface area contributed by atoms with Crippen LogP contribution in [0, 0.1) is 17.3 Å². The van der Waals surface area contributed by atoms with Crippen molar-refractivity contribution in [3.8, 4) is 0 Å². The van der Waals surface area contributed by atoms with E-state index in [-0.39, 0.29) is 41.8 Å². The molecule has 146 valence electrons. The van der Waals surface area contributed by atoms with Crippen LogP contribution in [-0.2, 0) is 23.9 Å². The molecule has 0 aromatic carbocycles. The molecule has 0 radical (unpaired) electrons. The Morgan fingerprint density at radius 3 is 2.37 bits per heavy atom. The number of aliphatic hydroxyl groups is 1. The minimum Gasteiger partial charge on any atom is -0.507 e. The van der Waals surface area contributed by atoms with Crippen molar-refractivity contribution < 1.29 is 29.0 Å². The summed E-state index contributed by atoms with van der Waals surface area (Å²) < 4.78 is 4.70. The van der Waals surface area contributed by atoms with E-state index in [0.29, 0.717) is 5.57 Å². The molecule has 0 spiro atoms. The number of hydrogen-bond acceptors (Lipinski definition) is 6. The van der Waals surface area contributed by atoms with Gasteiger partial charge in [0.15, 0.2) is 5.78 Å². The summed E-state index contributed by atoms with van der Waals surface area (Å²) in [5.74, 6) is -3.63. The molecule has 2 aliphatic carbocycles. The van der Waals surface area contributed by atoms with E-state index in [0.717, 1.165) is 0 Å². The zero-order valence-electron chi connectivity index (χ0n) is 16.5. The standard InChI is InChI=1S/C21H26O6/c1-10(2)12-9-13(22)16-17(21(12,5)8-7-14(23)27-6)20(26)19(25)15(11(3)4)18(16)24/h11-12,24H,1,7-9H2,2-6H3/t12-,21-/m0/s1. The average Bonchev–Trinajstić information content (AvgIpc) is 2.58. The smallest absolute Gasteiger partial charge is 0.305 e. The molecule has 0 aromatic heterocycles. The molecular formula is C21H26O6. The number of ketones is 3. The monoisotopic (exact) mass is 374 g/mol. The molecule has 0 aromatic rings. The van der Waals surface area contributed by atoms with Crippen LogP contribution in [0.15, 0.2) is 34.6 Å². The summed E-state index contributed by atoms with van der Waals surface area (Å²) in [6.07, 6.45) is 0.278. The summed E-state index contributed by atoms with van der Waals surface area (Å²) in [5.41, 5.74) is -0.403. The number of methoxy groups -OCH3 is 1. The highest BCUT2D eigenvalue weighted by Gasteiger charge is 2.53. The highest BCUT2D eigenvalue weighted by atomic mass is 16.5. The van der Waals surface area contributed by atoms with Gasteiger partial charge in [0.1, 0.15) is 5.76 Å². The number of Topliss-reactive ketones (excluding diaryl/α,β-unsaturated/α-hetero) is 3. The second-order valence-electron chi connectivity index (χ2n) is 7.85. The topological polar surface area (TPSA) is 97.7 Å². The molecule has 2 aliphatic rings. The van der Waals surface area contributed by atoms with E-state index in [1.165, 1.54) is 7.11 Å². The van der Waals surface area contributed by atoms with Gasteiger partial charge in [0, 0.05) is 29.4 Å². The van der Waals surface area contributed by atoms with E-state index >= 15 is 0 Å². The normalized spacial score (nSPS) is 25.9. The number of rotatable bonds is 5. The van der Waals surface area contributed by atoms with Crippen LogP contribution in [0.2, 0.25) is 0 Å². The Kier molecular flexibility index (Phi) is 5.59. The second-order valence-corrected chi connectivity index (χ2v) is 7.85. The maximum atomic E-state index is 13.0. The van der Waals surface area contributed by atoms with E-state index in [2.05, 4.69) is 6.58 Å². The molecule has 6 heteroatoms. The highest BCUT2D eigenvalue weighted by molar-refractivity contribution is 6.51. The quantitative estimate of drug-likeness (QED) is 0.344. The van der Waals surface area contributed by atoms with Crippen LogP contribution in [0.25, 0.3) is 0 Å². The molecule has 0 fully saturated rings. The van der Waals surface area contributed by atoms with E-state index in [1.54, 1.807) is 27.7 Å². The lowest BCUT2D eigenvalue weighted by atomic mass is 9.57. The van der Waals surface area contributed by atoms with Crippen molar-refractivity contribution in [1.82, 2.24) is 0 Å². The van der Waals surface area contributed by atoms with Crippen molar-refractivity contribution in [2.75, 3.05) is 7.11 Å². The Morgan fingerprint density at radius 1 is 1.30 bits per heavy atom. The Balaban J connectivity index is 2.75. The van der Waals surface area contributed by atoms with E-state index in [9.17, 15) is 24.3 Å². The molecule has 6 nitrogen and oxygen atoms in total. The minimum atomic E-state index is -0.980. The lowest BCUT2D eigenvalue weighted by Gasteiger charge is -2.45. The van der Waals surface area contributed by atoms with Gasteiger partial charge >= 0.3 is 5.97 Å². The molecule has 0 aliphatic heterocycles. The molecule has 0 amide bonds. The first-order valence-electron chi connectivity index (χ1n) is 9.00. The highest BCUT2D eigenvalue weighted by Crippen LogP contribution is 2.52. The second kappa shape index (κ2) is 7.25. The third kappa shape index (κ3) is 3.29.